The van der Waals surface area contributed by atoms with Crippen LogP contribution in [0.15, 0.2) is 24.3 Å². The second kappa shape index (κ2) is 9.06. The van der Waals surface area contributed by atoms with E-state index in [4.69, 9.17) is 9.47 Å². The van der Waals surface area contributed by atoms with Gasteiger partial charge in [-0.1, -0.05) is 38.3 Å². The van der Waals surface area contributed by atoms with Crippen LogP contribution in [-0.2, 0) is 11.3 Å². The first-order valence-electron chi connectivity index (χ1n) is 8.31. The predicted octanol–water partition coefficient (Wildman–Crippen LogP) is 3.91. The van der Waals surface area contributed by atoms with Crippen molar-refractivity contribution >= 4 is 0 Å². The lowest BCUT2D eigenvalue weighted by Crippen LogP contribution is -2.43. The van der Waals surface area contributed by atoms with Gasteiger partial charge in [0.15, 0.2) is 0 Å². The van der Waals surface area contributed by atoms with Crippen LogP contribution in [0.4, 0.5) is 0 Å². The Bertz CT molecular complexity index is 408. The molecule has 2 rings (SSSR count). The van der Waals surface area contributed by atoms with Crippen LogP contribution in [0.3, 0.4) is 0 Å². The van der Waals surface area contributed by atoms with Gasteiger partial charge in [0.1, 0.15) is 11.9 Å². The van der Waals surface area contributed by atoms with Crippen molar-refractivity contribution in [2.75, 3.05) is 13.7 Å². The van der Waals surface area contributed by atoms with Crippen LogP contribution >= 0.6 is 0 Å². The number of likely N-dealkylation sites (N-methyl/N-ethyl adjacent to an activating group) is 1. The Morgan fingerprint density at radius 3 is 2.71 bits per heavy atom. The maximum atomic E-state index is 6.32. The Labute approximate surface area is 129 Å². The highest BCUT2D eigenvalue weighted by atomic mass is 16.5. The van der Waals surface area contributed by atoms with Crippen molar-refractivity contribution in [2.45, 2.75) is 64.2 Å². The van der Waals surface area contributed by atoms with E-state index in [0.717, 1.165) is 18.7 Å². The minimum Gasteiger partial charge on any atom is -0.489 e. The van der Waals surface area contributed by atoms with E-state index in [1.165, 1.54) is 37.7 Å². The van der Waals surface area contributed by atoms with E-state index in [-0.39, 0.29) is 6.10 Å². The van der Waals surface area contributed by atoms with E-state index in [9.17, 15) is 0 Å². The molecule has 1 aliphatic carbocycles. The van der Waals surface area contributed by atoms with Crippen LogP contribution in [-0.4, -0.2) is 25.8 Å². The number of methoxy groups -OCH3 is 1. The van der Waals surface area contributed by atoms with Crippen molar-refractivity contribution in [3.05, 3.63) is 29.8 Å². The van der Waals surface area contributed by atoms with Gasteiger partial charge in [0, 0.05) is 13.2 Å². The standard InChI is InChI=1S/C18H29NO2/c1-3-19-17-11-6-4-5-7-12-18(17)21-16-10-8-9-15(13-16)14-20-2/h8-10,13,17-19H,3-7,11-12,14H2,1-2H3. The van der Waals surface area contributed by atoms with E-state index >= 15 is 0 Å². The number of ether oxygens (including phenoxy) is 2. The smallest absolute Gasteiger partial charge is 0.120 e. The number of hydrogen-bond donors (Lipinski definition) is 1. The quantitative estimate of drug-likeness (QED) is 0.862. The second-order valence-electron chi connectivity index (χ2n) is 5.89. The molecule has 1 aliphatic rings. The molecule has 3 nitrogen and oxygen atoms in total. The topological polar surface area (TPSA) is 30.5 Å². The van der Waals surface area contributed by atoms with E-state index in [1.54, 1.807) is 7.11 Å². The third kappa shape index (κ3) is 5.33. The van der Waals surface area contributed by atoms with Crippen molar-refractivity contribution < 1.29 is 9.47 Å². The molecular weight excluding hydrogens is 262 g/mol. The van der Waals surface area contributed by atoms with Gasteiger partial charge in [0.25, 0.3) is 0 Å². The first-order chi connectivity index (χ1) is 10.3. The minimum atomic E-state index is 0.281. The third-order valence-corrected chi connectivity index (χ3v) is 4.17. The monoisotopic (exact) mass is 291 g/mol. The molecule has 1 N–H and O–H groups in total. The lowest BCUT2D eigenvalue weighted by molar-refractivity contribution is 0.127. The summed E-state index contributed by atoms with van der Waals surface area (Å²) in [5.74, 6) is 0.970. The molecule has 0 amide bonds. The highest BCUT2D eigenvalue weighted by Crippen LogP contribution is 2.23. The fourth-order valence-corrected chi connectivity index (χ4v) is 3.14. The Kier molecular flexibility index (Phi) is 7.04. The first-order valence-corrected chi connectivity index (χ1v) is 8.31. The van der Waals surface area contributed by atoms with E-state index in [2.05, 4.69) is 36.5 Å². The average molecular weight is 291 g/mol. The number of nitrogens with one attached hydrogen (secondary N) is 1. The normalized spacial score (nSPS) is 23.3. The number of benzene rings is 1. The van der Waals surface area contributed by atoms with Crippen LogP contribution < -0.4 is 10.1 Å². The third-order valence-electron chi connectivity index (χ3n) is 4.17. The first kappa shape index (κ1) is 16.3. The zero-order chi connectivity index (χ0) is 14.9. The summed E-state index contributed by atoms with van der Waals surface area (Å²) in [7, 11) is 1.73. The zero-order valence-corrected chi connectivity index (χ0v) is 13.4. The fraction of sp³-hybridized carbons (Fsp3) is 0.667. The largest absolute Gasteiger partial charge is 0.489 e. The molecule has 0 radical (unpaired) electrons. The summed E-state index contributed by atoms with van der Waals surface area (Å²) in [6.45, 7) is 3.82. The minimum absolute atomic E-state index is 0.281. The van der Waals surface area contributed by atoms with Gasteiger partial charge in [-0.3, -0.25) is 0 Å². The molecular formula is C18H29NO2. The Morgan fingerprint density at radius 1 is 1.14 bits per heavy atom. The SMILES string of the molecule is CCNC1CCCCCCC1Oc1cccc(COC)c1. The molecule has 2 unspecified atom stereocenters. The van der Waals surface area contributed by atoms with Gasteiger partial charge in [-0.25, -0.2) is 0 Å². The number of hydrogen-bond acceptors (Lipinski definition) is 3. The van der Waals surface area contributed by atoms with Crippen molar-refractivity contribution in [3.63, 3.8) is 0 Å². The van der Waals surface area contributed by atoms with Crippen LogP contribution in [0.25, 0.3) is 0 Å². The lowest BCUT2D eigenvalue weighted by Gasteiger charge is -2.30. The van der Waals surface area contributed by atoms with E-state index < -0.39 is 0 Å². The van der Waals surface area contributed by atoms with Gasteiger partial charge in [-0.2, -0.15) is 0 Å². The Morgan fingerprint density at radius 2 is 1.95 bits per heavy atom. The molecule has 0 bridgehead atoms. The summed E-state index contributed by atoms with van der Waals surface area (Å²) in [6, 6.07) is 8.76. The van der Waals surface area contributed by atoms with Crippen LogP contribution in [0, 0.1) is 0 Å². The molecule has 1 aromatic rings. The van der Waals surface area contributed by atoms with Crippen molar-refractivity contribution in [1.82, 2.24) is 5.32 Å². The van der Waals surface area contributed by atoms with Crippen molar-refractivity contribution in [2.24, 2.45) is 0 Å². The maximum Gasteiger partial charge on any atom is 0.120 e. The molecule has 0 aromatic heterocycles. The summed E-state index contributed by atoms with van der Waals surface area (Å²) in [5.41, 5.74) is 1.17. The molecule has 21 heavy (non-hydrogen) atoms. The summed E-state index contributed by atoms with van der Waals surface area (Å²) < 4.78 is 11.5. The van der Waals surface area contributed by atoms with Crippen LogP contribution in [0.2, 0.25) is 0 Å². The van der Waals surface area contributed by atoms with Gasteiger partial charge >= 0.3 is 0 Å². The van der Waals surface area contributed by atoms with E-state index in [0.29, 0.717) is 12.6 Å². The van der Waals surface area contributed by atoms with Crippen molar-refractivity contribution in [1.29, 1.82) is 0 Å². The van der Waals surface area contributed by atoms with Crippen molar-refractivity contribution in [3.8, 4) is 5.75 Å². The second-order valence-corrected chi connectivity index (χ2v) is 5.89. The molecule has 1 aromatic carbocycles. The van der Waals surface area contributed by atoms with Gasteiger partial charge < -0.3 is 14.8 Å². The molecule has 0 aliphatic heterocycles. The summed E-state index contributed by atoms with van der Waals surface area (Å²) >= 11 is 0. The Hall–Kier alpha value is -1.06. The molecule has 1 fully saturated rings. The zero-order valence-electron chi connectivity index (χ0n) is 13.4. The Balaban J connectivity index is 2.03. The molecule has 118 valence electrons. The summed E-state index contributed by atoms with van der Waals surface area (Å²) in [5, 5.41) is 3.61. The fourth-order valence-electron chi connectivity index (χ4n) is 3.14. The molecule has 2 atom stereocenters. The summed E-state index contributed by atoms with van der Waals surface area (Å²) in [6.07, 6.45) is 7.91. The predicted molar refractivity (Wildman–Crippen MR) is 86.7 cm³/mol. The van der Waals surface area contributed by atoms with Crippen LogP contribution in [0.1, 0.15) is 51.0 Å². The van der Waals surface area contributed by atoms with Gasteiger partial charge in [0.05, 0.1) is 6.61 Å². The highest BCUT2D eigenvalue weighted by molar-refractivity contribution is 5.28. The molecule has 3 heteroatoms. The molecule has 0 spiro atoms. The van der Waals surface area contributed by atoms with Gasteiger partial charge in [-0.05, 0) is 43.5 Å². The van der Waals surface area contributed by atoms with E-state index in [1.807, 2.05) is 0 Å². The molecule has 0 heterocycles. The maximum absolute atomic E-state index is 6.32. The average Bonchev–Trinajstić information content (AvgIpc) is 2.47. The molecule has 0 saturated heterocycles. The van der Waals surface area contributed by atoms with Crippen LogP contribution in [0.5, 0.6) is 5.75 Å². The van der Waals surface area contributed by atoms with Gasteiger partial charge in [-0.15, -0.1) is 0 Å². The van der Waals surface area contributed by atoms with Gasteiger partial charge in [0.2, 0.25) is 0 Å². The lowest BCUT2D eigenvalue weighted by atomic mass is 9.94. The summed E-state index contributed by atoms with van der Waals surface area (Å²) in [4.78, 5) is 0. The highest BCUT2D eigenvalue weighted by Gasteiger charge is 2.23. The molecule has 1 saturated carbocycles. The number of rotatable bonds is 6.